The Labute approximate surface area is 44.7 Å². The van der Waals surface area contributed by atoms with Crippen LogP contribution in [0.25, 0.3) is 0 Å². The first kappa shape index (κ1) is 16.0. The first-order valence-corrected chi connectivity index (χ1v) is 5.20. The van der Waals surface area contributed by atoms with Gasteiger partial charge in [0.2, 0.25) is 0 Å². The molecule has 1 nitrogen and oxygen atoms in total. The van der Waals surface area contributed by atoms with Gasteiger partial charge in [-0.15, -0.1) is 0 Å². The molecule has 2 N–H and O–H groups in total. The monoisotopic (exact) mass is 126 g/mol. The molecule has 0 aliphatic rings. The van der Waals surface area contributed by atoms with Gasteiger partial charge in [-0.3, -0.25) is 0 Å². The number of hydrogen-bond donors (Lipinski definition) is 0. The highest BCUT2D eigenvalue weighted by Crippen LogP contribution is 1.68. The second kappa shape index (κ2) is 9.15. The summed E-state index contributed by atoms with van der Waals surface area (Å²) in [6.45, 7) is 6.92. The average molecular weight is 126 g/mol. The average Bonchev–Trinajstić information content (AvgIpc) is 0.811. The molecule has 0 radical (unpaired) electrons. The van der Waals surface area contributed by atoms with Gasteiger partial charge in [0.15, 0.2) is 0 Å². The predicted octanol–water partition coefficient (Wildman–Crippen LogP) is 0.336. The first-order chi connectivity index (χ1) is 1.73. The van der Waals surface area contributed by atoms with E-state index < -0.39 is 0 Å². The second-order valence-electron chi connectivity index (χ2n) is 1.73. The molecule has 0 rings (SSSR count). The van der Waals surface area contributed by atoms with Crippen molar-refractivity contribution in [3.8, 4) is 0 Å². The Morgan fingerprint density at radius 3 is 1.00 bits per heavy atom. The molecular weight excluding hydrogens is 111 g/mol. The third kappa shape index (κ3) is 163. The maximum atomic E-state index is 2.31. The molecule has 42 valence electrons. The van der Waals surface area contributed by atoms with Crippen molar-refractivity contribution in [3.63, 3.8) is 0 Å². The van der Waals surface area contributed by atoms with Gasteiger partial charge in [-0.05, 0) is 0 Å². The minimum absolute atomic E-state index is 0. The largest absolute Gasteiger partial charge is 0.412 e. The van der Waals surface area contributed by atoms with Crippen LogP contribution in [0.3, 0.4) is 0 Å². The minimum atomic E-state index is -0.139. The Morgan fingerprint density at radius 2 is 1.00 bits per heavy atom. The smallest absolute Gasteiger partial charge is 0.0274 e. The Hall–Kier alpha value is 0.607. The van der Waals surface area contributed by atoms with Crippen molar-refractivity contribution in [2.24, 2.45) is 0 Å². The molecule has 0 heterocycles. The highest BCUT2D eigenvalue weighted by atomic mass is 31.0. The van der Waals surface area contributed by atoms with Crippen LogP contribution in [0.2, 0.25) is 19.6 Å². The van der Waals surface area contributed by atoms with Crippen molar-refractivity contribution >= 4 is 18.7 Å². The summed E-state index contributed by atoms with van der Waals surface area (Å²) in [5, 5.41) is 0. The van der Waals surface area contributed by atoms with Crippen LogP contribution in [0.5, 0.6) is 0 Å². The van der Waals surface area contributed by atoms with Gasteiger partial charge in [0.05, 0.1) is 0 Å². The fourth-order valence-electron chi connectivity index (χ4n) is 0. The summed E-state index contributed by atoms with van der Waals surface area (Å²) in [5.74, 6) is 0. The molecule has 0 aromatic rings. The summed E-state index contributed by atoms with van der Waals surface area (Å²) in [6.07, 6.45) is 0. The van der Waals surface area contributed by atoms with E-state index in [1.54, 1.807) is 0 Å². The normalized spacial score (nSPS) is 6.00. The highest BCUT2D eigenvalue weighted by Gasteiger charge is 1.71. The Balaban J connectivity index is -0.0000000450. The lowest BCUT2D eigenvalue weighted by atomic mass is 11.8. The zero-order valence-corrected chi connectivity index (χ0v) is 7.35. The molecule has 0 aromatic carbocycles. The van der Waals surface area contributed by atoms with Crippen LogP contribution in [0.1, 0.15) is 0 Å². The van der Waals surface area contributed by atoms with E-state index in [0.717, 1.165) is 0 Å². The number of rotatable bonds is 0. The summed E-state index contributed by atoms with van der Waals surface area (Å²) in [5.41, 5.74) is 0. The standard InChI is InChI=1S/C3H10Si.H2O.H3P/c1-4(2)3;;/h4H,1-3H3;1H2;1H3. The third-order valence-electron chi connectivity index (χ3n) is 0. The van der Waals surface area contributed by atoms with Gasteiger partial charge in [-0.1, -0.05) is 19.6 Å². The van der Waals surface area contributed by atoms with Gasteiger partial charge >= 0.3 is 0 Å². The predicted molar refractivity (Wildman–Crippen MR) is 39.5 cm³/mol. The second-order valence-corrected chi connectivity index (χ2v) is 5.20. The highest BCUT2D eigenvalue weighted by molar-refractivity contribution is 6.92. The zero-order valence-electron chi connectivity index (χ0n) is 4.78. The van der Waals surface area contributed by atoms with E-state index in [1.807, 2.05) is 0 Å². The molecule has 0 bridgehead atoms. The lowest BCUT2D eigenvalue weighted by molar-refractivity contribution is 0.824. The van der Waals surface area contributed by atoms with Crippen LogP contribution in [-0.2, 0) is 0 Å². The maximum Gasteiger partial charge on any atom is 0.0274 e. The van der Waals surface area contributed by atoms with Gasteiger partial charge < -0.3 is 5.48 Å². The molecule has 3 heteroatoms. The summed E-state index contributed by atoms with van der Waals surface area (Å²) < 4.78 is 0. The first-order valence-electron chi connectivity index (χ1n) is 1.73. The fraction of sp³-hybridized carbons (Fsp3) is 1.00. The summed E-state index contributed by atoms with van der Waals surface area (Å²) in [4.78, 5) is 0. The Morgan fingerprint density at radius 1 is 1.00 bits per heavy atom. The SMILES string of the molecule is C[SiH](C)C.O.P. The molecule has 0 saturated carbocycles. The van der Waals surface area contributed by atoms with Gasteiger partial charge in [0.1, 0.15) is 0 Å². The molecular formula is C3H15OPSi. The van der Waals surface area contributed by atoms with Gasteiger partial charge in [-0.25, -0.2) is 0 Å². The van der Waals surface area contributed by atoms with Crippen molar-refractivity contribution in [1.29, 1.82) is 0 Å². The maximum absolute atomic E-state index is 2.31. The van der Waals surface area contributed by atoms with Crippen LogP contribution < -0.4 is 0 Å². The summed E-state index contributed by atoms with van der Waals surface area (Å²) >= 11 is 0. The molecule has 0 aliphatic carbocycles. The quantitative estimate of drug-likeness (QED) is 0.331. The lowest BCUT2D eigenvalue weighted by Gasteiger charge is -1.75. The molecule has 0 spiro atoms. The zero-order chi connectivity index (χ0) is 3.58. The third-order valence-corrected chi connectivity index (χ3v) is 0. The van der Waals surface area contributed by atoms with E-state index in [0.29, 0.717) is 0 Å². The Kier molecular flexibility index (Phi) is 24.3. The van der Waals surface area contributed by atoms with E-state index in [9.17, 15) is 0 Å². The van der Waals surface area contributed by atoms with Gasteiger partial charge in [0, 0.05) is 8.80 Å². The van der Waals surface area contributed by atoms with E-state index in [1.165, 1.54) is 0 Å². The van der Waals surface area contributed by atoms with E-state index in [4.69, 9.17) is 0 Å². The van der Waals surface area contributed by atoms with E-state index in [-0.39, 0.29) is 24.2 Å². The van der Waals surface area contributed by atoms with Crippen LogP contribution in [-0.4, -0.2) is 14.3 Å². The fourth-order valence-corrected chi connectivity index (χ4v) is 0. The van der Waals surface area contributed by atoms with Crippen molar-refractivity contribution in [2.45, 2.75) is 19.6 Å². The molecule has 6 heavy (non-hydrogen) atoms. The van der Waals surface area contributed by atoms with E-state index >= 15 is 0 Å². The molecule has 0 aromatic heterocycles. The molecule has 0 amide bonds. The van der Waals surface area contributed by atoms with Gasteiger partial charge in [0.25, 0.3) is 0 Å². The van der Waals surface area contributed by atoms with Crippen molar-refractivity contribution in [2.75, 3.05) is 0 Å². The summed E-state index contributed by atoms with van der Waals surface area (Å²) in [6, 6.07) is 0. The van der Waals surface area contributed by atoms with Crippen molar-refractivity contribution < 1.29 is 5.48 Å². The molecule has 0 aliphatic heterocycles. The molecule has 0 fully saturated rings. The van der Waals surface area contributed by atoms with Gasteiger partial charge in [-0.2, -0.15) is 9.90 Å². The summed E-state index contributed by atoms with van der Waals surface area (Å²) in [7, 11) is -0.139. The lowest BCUT2D eigenvalue weighted by Crippen LogP contribution is -1.84. The Bertz CT molecular complexity index is 15.5. The molecule has 1 atom stereocenters. The van der Waals surface area contributed by atoms with Crippen molar-refractivity contribution in [3.05, 3.63) is 0 Å². The van der Waals surface area contributed by atoms with Crippen LogP contribution in [0.15, 0.2) is 0 Å². The van der Waals surface area contributed by atoms with E-state index in [2.05, 4.69) is 19.6 Å². The minimum Gasteiger partial charge on any atom is -0.412 e. The molecule has 1 unspecified atom stereocenters. The van der Waals surface area contributed by atoms with Crippen LogP contribution in [0, 0.1) is 0 Å². The van der Waals surface area contributed by atoms with Crippen molar-refractivity contribution in [1.82, 2.24) is 0 Å². The molecule has 0 saturated heterocycles. The topological polar surface area (TPSA) is 31.5 Å². The van der Waals surface area contributed by atoms with Crippen LogP contribution in [0.4, 0.5) is 0 Å². The van der Waals surface area contributed by atoms with Crippen LogP contribution >= 0.6 is 9.90 Å². The number of hydrogen-bond acceptors (Lipinski definition) is 0.